The summed E-state index contributed by atoms with van der Waals surface area (Å²) in [5.74, 6) is -0.959. The molecule has 0 spiro atoms. The fraction of sp³-hybridized carbons (Fsp3) is 0.200. The zero-order chi connectivity index (χ0) is 8.97. The first-order chi connectivity index (χ1) is 5.70. The van der Waals surface area contributed by atoms with Crippen molar-refractivity contribution in [2.75, 3.05) is 0 Å². The van der Waals surface area contributed by atoms with Gasteiger partial charge in [0.05, 0.1) is 0 Å². The van der Waals surface area contributed by atoms with Gasteiger partial charge in [-0.05, 0) is 12.0 Å². The molecule has 0 heterocycles. The van der Waals surface area contributed by atoms with E-state index in [4.69, 9.17) is 10.8 Å². The Kier molecular flexibility index (Phi) is 8.66. The molecule has 1 aromatic rings. The molecule has 1 rings (SSSR count). The second kappa shape index (κ2) is 7.69. The molecule has 0 fully saturated rings. The van der Waals surface area contributed by atoms with Crippen LogP contribution in [0.5, 0.6) is 0 Å². The summed E-state index contributed by atoms with van der Waals surface area (Å²) in [5.41, 5.74) is 6.30. The van der Waals surface area contributed by atoms with Gasteiger partial charge in [0.1, 0.15) is 6.04 Å². The van der Waals surface area contributed by atoms with Crippen molar-refractivity contribution in [1.29, 1.82) is 0 Å². The van der Waals surface area contributed by atoms with E-state index in [1.54, 1.807) is 0 Å². The minimum absolute atomic E-state index is 0. The molecule has 3 N–H and O–H groups in total. The summed E-state index contributed by atoms with van der Waals surface area (Å²) >= 11 is 0. The minimum Gasteiger partial charge on any atom is -0.480 e. The van der Waals surface area contributed by atoms with E-state index in [1.807, 2.05) is 30.3 Å². The molecule has 0 bridgehead atoms. The molecule has 14 heavy (non-hydrogen) atoms. The van der Waals surface area contributed by atoms with Crippen LogP contribution in [0.4, 0.5) is 0 Å². The van der Waals surface area contributed by atoms with Crippen molar-refractivity contribution in [3.63, 3.8) is 0 Å². The summed E-state index contributed by atoms with van der Waals surface area (Å²) in [6.07, 6.45) is 0.385. The molecule has 0 aliphatic carbocycles. The summed E-state index contributed by atoms with van der Waals surface area (Å²) in [6, 6.07) is 8.54. The maximum absolute atomic E-state index is 10.4. The van der Waals surface area contributed by atoms with Crippen molar-refractivity contribution in [2.45, 2.75) is 12.5 Å². The van der Waals surface area contributed by atoms with Crippen LogP contribution in [0.3, 0.4) is 0 Å². The molecule has 0 saturated carbocycles. The van der Waals surface area contributed by atoms with Gasteiger partial charge in [-0.25, -0.2) is 0 Å². The van der Waals surface area contributed by atoms with E-state index in [2.05, 4.69) is 0 Å². The van der Waals surface area contributed by atoms with Gasteiger partial charge in [0, 0.05) is 27.8 Å². The van der Waals surface area contributed by atoms with Gasteiger partial charge in [-0.1, -0.05) is 30.3 Å². The normalized spacial score (nSPS) is 10.6. The van der Waals surface area contributed by atoms with Gasteiger partial charge in [-0.15, -0.1) is 0 Å². The van der Waals surface area contributed by atoms with Crippen molar-refractivity contribution in [1.82, 2.24) is 0 Å². The fourth-order valence-electron chi connectivity index (χ4n) is 0.955. The van der Waals surface area contributed by atoms with Gasteiger partial charge in [0.2, 0.25) is 0 Å². The second-order valence-electron chi connectivity index (χ2n) is 2.63. The summed E-state index contributed by atoms with van der Waals surface area (Å²) in [4.78, 5) is 10.4. The van der Waals surface area contributed by atoms with E-state index < -0.39 is 12.0 Å². The average Bonchev–Trinajstić information content (AvgIpc) is 2.06. The Bertz CT molecular complexity index is 264. The Hall–Kier alpha value is -0.688. The Morgan fingerprint density at radius 3 is 2.29 bits per heavy atom. The number of carbonyl (C=O) groups is 1. The average molecular weight is 284 g/mol. The van der Waals surface area contributed by atoms with Crippen LogP contribution in [-0.2, 0) is 31.6 Å². The second-order valence-corrected chi connectivity index (χ2v) is 2.63. The minimum atomic E-state index is -0.959. The standard InChI is InChI=1S/C9H11NO2.C.Pd/c10-8(9(11)12)6-7-4-2-1-3-5-7;;/h1-5,8H,6,10H2,(H,11,12);;/t8-;;/m0../s1. The number of hydrogen-bond donors (Lipinski definition) is 2. The van der Waals surface area contributed by atoms with Crippen molar-refractivity contribution in [3.05, 3.63) is 43.3 Å². The van der Waals surface area contributed by atoms with E-state index in [0.717, 1.165) is 5.56 Å². The van der Waals surface area contributed by atoms with Gasteiger partial charge in [0.25, 0.3) is 0 Å². The van der Waals surface area contributed by atoms with E-state index in [1.165, 1.54) is 0 Å². The van der Waals surface area contributed by atoms with Gasteiger partial charge < -0.3 is 10.8 Å². The number of carboxylic acids is 1. The maximum atomic E-state index is 10.4. The molecule has 4 radical (unpaired) electrons. The van der Waals surface area contributed by atoms with Crippen LogP contribution in [0.2, 0.25) is 0 Å². The Morgan fingerprint density at radius 1 is 1.36 bits per heavy atom. The third-order valence-electron chi connectivity index (χ3n) is 1.62. The van der Waals surface area contributed by atoms with E-state index >= 15 is 0 Å². The Balaban J connectivity index is 0. The van der Waals surface area contributed by atoms with Crippen molar-refractivity contribution in [2.24, 2.45) is 5.73 Å². The van der Waals surface area contributed by atoms with Crippen LogP contribution in [0.15, 0.2) is 30.3 Å². The SMILES string of the molecule is N[C@@H](Cc1ccccc1)C(=O)O.[C].[Pd]. The van der Waals surface area contributed by atoms with Gasteiger partial charge in [-0.2, -0.15) is 0 Å². The van der Waals surface area contributed by atoms with Gasteiger partial charge in [-0.3, -0.25) is 4.79 Å². The summed E-state index contributed by atoms with van der Waals surface area (Å²) in [6.45, 7) is 0. The molecule has 0 aliphatic heterocycles. The first-order valence-electron chi connectivity index (χ1n) is 3.72. The smallest absolute Gasteiger partial charge is 0.320 e. The van der Waals surface area contributed by atoms with Crippen LogP contribution in [-0.4, -0.2) is 17.1 Å². The van der Waals surface area contributed by atoms with Crippen LogP contribution in [0.1, 0.15) is 5.56 Å². The molecule has 1 atom stereocenters. The Morgan fingerprint density at radius 2 is 1.86 bits per heavy atom. The largest absolute Gasteiger partial charge is 0.480 e. The molecule has 0 unspecified atom stereocenters. The molecular weight excluding hydrogens is 273 g/mol. The van der Waals surface area contributed by atoms with Gasteiger partial charge in [0.15, 0.2) is 0 Å². The summed E-state index contributed by atoms with van der Waals surface area (Å²) in [5, 5.41) is 8.52. The van der Waals surface area contributed by atoms with Crippen LogP contribution in [0, 0.1) is 7.43 Å². The zero-order valence-electron chi connectivity index (χ0n) is 7.42. The number of carboxylic acid groups (broad SMARTS) is 1. The topological polar surface area (TPSA) is 63.3 Å². The van der Waals surface area contributed by atoms with Crippen LogP contribution < -0.4 is 5.73 Å². The molecule has 3 nitrogen and oxygen atoms in total. The number of rotatable bonds is 3. The molecule has 0 saturated heterocycles. The van der Waals surface area contributed by atoms with Crippen molar-refractivity contribution in [3.8, 4) is 0 Å². The van der Waals surface area contributed by atoms with Gasteiger partial charge >= 0.3 is 5.97 Å². The number of benzene rings is 1. The van der Waals surface area contributed by atoms with Crippen LogP contribution >= 0.6 is 0 Å². The molecular formula is C10H11NO2Pd. The quantitative estimate of drug-likeness (QED) is 0.804. The third-order valence-corrected chi connectivity index (χ3v) is 1.62. The maximum Gasteiger partial charge on any atom is 0.320 e. The third kappa shape index (κ3) is 5.13. The molecule has 4 heteroatoms. The monoisotopic (exact) mass is 283 g/mol. The molecule has 78 valence electrons. The molecule has 0 aliphatic rings. The summed E-state index contributed by atoms with van der Waals surface area (Å²) in [7, 11) is 0. The fourth-order valence-corrected chi connectivity index (χ4v) is 0.955. The molecule has 1 aromatic carbocycles. The van der Waals surface area contributed by atoms with Crippen LogP contribution in [0.25, 0.3) is 0 Å². The number of nitrogens with two attached hydrogens (primary N) is 1. The molecule has 0 amide bonds. The van der Waals surface area contributed by atoms with Crippen molar-refractivity contribution < 1.29 is 30.3 Å². The molecule has 0 aromatic heterocycles. The number of aliphatic carboxylic acids is 1. The van der Waals surface area contributed by atoms with Crippen molar-refractivity contribution >= 4 is 5.97 Å². The predicted octanol–water partition coefficient (Wildman–Crippen LogP) is 0.720. The van der Waals surface area contributed by atoms with E-state index in [-0.39, 0.29) is 27.8 Å². The number of hydrogen-bond acceptors (Lipinski definition) is 2. The summed E-state index contributed by atoms with van der Waals surface area (Å²) < 4.78 is 0. The first-order valence-corrected chi connectivity index (χ1v) is 3.72. The Labute approximate surface area is 98.0 Å². The predicted molar refractivity (Wildman–Crippen MR) is 49.0 cm³/mol. The zero-order valence-corrected chi connectivity index (χ0v) is 8.97. The first kappa shape index (κ1) is 15.8. The van der Waals surface area contributed by atoms with E-state index in [9.17, 15) is 4.79 Å². The van der Waals surface area contributed by atoms with E-state index in [0.29, 0.717) is 6.42 Å².